The smallest absolute Gasteiger partial charge is 0.170 e. The molecule has 0 saturated carbocycles. The van der Waals surface area contributed by atoms with Crippen LogP contribution in [-0.4, -0.2) is 26.6 Å². The first-order chi connectivity index (χ1) is 8.34. The number of aromatic nitrogens is 3. The lowest BCUT2D eigenvalue weighted by atomic mass is 10.3. The molecule has 0 fully saturated rings. The molecule has 0 aliphatic rings. The molecular formula is C11H14N4S2. The van der Waals surface area contributed by atoms with Gasteiger partial charge in [0.15, 0.2) is 4.34 Å². The van der Waals surface area contributed by atoms with Gasteiger partial charge in [-0.1, -0.05) is 17.8 Å². The van der Waals surface area contributed by atoms with Gasteiger partial charge in [0.2, 0.25) is 0 Å². The van der Waals surface area contributed by atoms with Crippen LogP contribution in [0.1, 0.15) is 11.4 Å². The minimum Gasteiger partial charge on any atom is -0.312 e. The van der Waals surface area contributed by atoms with E-state index < -0.39 is 0 Å². The fraction of sp³-hybridized carbons (Fsp3) is 0.364. The molecule has 0 atom stereocenters. The molecule has 2 aromatic rings. The van der Waals surface area contributed by atoms with Crippen LogP contribution < -0.4 is 5.32 Å². The predicted octanol–water partition coefficient (Wildman–Crippen LogP) is 2.12. The maximum Gasteiger partial charge on any atom is 0.170 e. The zero-order chi connectivity index (χ0) is 11.9. The van der Waals surface area contributed by atoms with Crippen molar-refractivity contribution in [2.24, 2.45) is 0 Å². The zero-order valence-electron chi connectivity index (χ0n) is 9.59. The Morgan fingerprint density at radius 1 is 1.47 bits per heavy atom. The van der Waals surface area contributed by atoms with Crippen LogP contribution >= 0.6 is 23.3 Å². The van der Waals surface area contributed by atoms with E-state index in [0.717, 1.165) is 29.0 Å². The third-order valence-corrected chi connectivity index (χ3v) is 3.99. The van der Waals surface area contributed by atoms with Gasteiger partial charge in [0, 0.05) is 31.2 Å². The Morgan fingerprint density at radius 3 is 3.12 bits per heavy atom. The molecule has 0 unspecified atom stereocenters. The Labute approximate surface area is 109 Å². The first-order valence-corrected chi connectivity index (χ1v) is 7.13. The van der Waals surface area contributed by atoms with Gasteiger partial charge in [0.25, 0.3) is 0 Å². The normalized spacial score (nSPS) is 10.6. The van der Waals surface area contributed by atoms with Crippen LogP contribution in [0, 0.1) is 6.92 Å². The minimum atomic E-state index is 0.862. The van der Waals surface area contributed by atoms with Crippen LogP contribution in [0.4, 0.5) is 0 Å². The second-order valence-corrected chi connectivity index (χ2v) is 5.59. The van der Waals surface area contributed by atoms with Gasteiger partial charge in [-0.15, -0.1) is 0 Å². The Balaban J connectivity index is 1.61. The van der Waals surface area contributed by atoms with Crippen LogP contribution in [0.5, 0.6) is 0 Å². The molecule has 0 radical (unpaired) electrons. The summed E-state index contributed by atoms with van der Waals surface area (Å²) in [5.41, 5.74) is 1.21. The van der Waals surface area contributed by atoms with Crippen molar-refractivity contribution in [1.82, 2.24) is 19.7 Å². The highest BCUT2D eigenvalue weighted by molar-refractivity contribution is 8.00. The number of pyridine rings is 1. The Morgan fingerprint density at radius 2 is 2.41 bits per heavy atom. The quantitative estimate of drug-likeness (QED) is 0.641. The highest BCUT2D eigenvalue weighted by atomic mass is 32.2. The molecule has 4 nitrogen and oxygen atoms in total. The average molecular weight is 266 g/mol. The monoisotopic (exact) mass is 266 g/mol. The minimum absolute atomic E-state index is 0.862. The van der Waals surface area contributed by atoms with Crippen molar-refractivity contribution in [3.05, 3.63) is 35.9 Å². The SMILES string of the molecule is Cc1nsc(SCCNCc2cccnc2)n1. The van der Waals surface area contributed by atoms with Crippen LogP contribution in [0.25, 0.3) is 0 Å². The van der Waals surface area contributed by atoms with Crippen molar-refractivity contribution in [2.75, 3.05) is 12.3 Å². The Bertz CT molecular complexity index is 444. The molecular weight excluding hydrogens is 252 g/mol. The van der Waals surface area contributed by atoms with Gasteiger partial charge < -0.3 is 5.32 Å². The van der Waals surface area contributed by atoms with Gasteiger partial charge in [-0.05, 0) is 30.1 Å². The molecule has 17 heavy (non-hydrogen) atoms. The van der Waals surface area contributed by atoms with E-state index in [2.05, 4.69) is 25.7 Å². The van der Waals surface area contributed by atoms with Crippen LogP contribution in [0.2, 0.25) is 0 Å². The highest BCUT2D eigenvalue weighted by Gasteiger charge is 2.00. The summed E-state index contributed by atoms with van der Waals surface area (Å²) in [6.45, 7) is 3.74. The Kier molecular flexibility index (Phi) is 4.90. The van der Waals surface area contributed by atoms with Crippen molar-refractivity contribution in [3.8, 4) is 0 Å². The third-order valence-electron chi connectivity index (χ3n) is 2.07. The van der Waals surface area contributed by atoms with E-state index in [-0.39, 0.29) is 0 Å². The Hall–Kier alpha value is -0.980. The van der Waals surface area contributed by atoms with Crippen molar-refractivity contribution in [2.45, 2.75) is 17.8 Å². The lowest BCUT2D eigenvalue weighted by molar-refractivity contribution is 0.729. The van der Waals surface area contributed by atoms with Crippen LogP contribution in [-0.2, 0) is 6.54 Å². The van der Waals surface area contributed by atoms with E-state index in [1.54, 1.807) is 18.0 Å². The molecule has 0 amide bonds. The van der Waals surface area contributed by atoms with E-state index in [1.165, 1.54) is 17.1 Å². The fourth-order valence-corrected chi connectivity index (χ4v) is 2.90. The predicted molar refractivity (Wildman–Crippen MR) is 71.3 cm³/mol. The molecule has 0 saturated heterocycles. The number of aryl methyl sites for hydroxylation is 1. The topological polar surface area (TPSA) is 50.7 Å². The summed E-state index contributed by atoms with van der Waals surface area (Å²) in [4.78, 5) is 8.37. The molecule has 2 rings (SSSR count). The molecule has 2 heterocycles. The molecule has 90 valence electrons. The molecule has 0 spiro atoms. The maximum atomic E-state index is 4.30. The summed E-state index contributed by atoms with van der Waals surface area (Å²) < 4.78 is 5.19. The van der Waals surface area contributed by atoms with E-state index in [1.807, 2.05) is 19.2 Å². The van der Waals surface area contributed by atoms with E-state index >= 15 is 0 Å². The van der Waals surface area contributed by atoms with Crippen molar-refractivity contribution >= 4 is 23.3 Å². The van der Waals surface area contributed by atoms with Gasteiger partial charge in [-0.3, -0.25) is 4.98 Å². The van der Waals surface area contributed by atoms with Gasteiger partial charge >= 0.3 is 0 Å². The number of nitrogens with one attached hydrogen (secondary N) is 1. The number of hydrogen-bond acceptors (Lipinski definition) is 6. The summed E-state index contributed by atoms with van der Waals surface area (Å²) in [6.07, 6.45) is 3.67. The average Bonchev–Trinajstić information content (AvgIpc) is 2.76. The first-order valence-electron chi connectivity index (χ1n) is 5.37. The van der Waals surface area contributed by atoms with Crippen molar-refractivity contribution < 1.29 is 0 Å². The second kappa shape index (κ2) is 6.68. The summed E-state index contributed by atoms with van der Waals surface area (Å²) in [6, 6.07) is 4.02. The molecule has 0 aliphatic carbocycles. The van der Waals surface area contributed by atoms with E-state index in [4.69, 9.17) is 0 Å². The molecule has 1 N–H and O–H groups in total. The highest BCUT2D eigenvalue weighted by Crippen LogP contribution is 2.18. The molecule has 6 heteroatoms. The number of thioether (sulfide) groups is 1. The van der Waals surface area contributed by atoms with Crippen LogP contribution in [0.3, 0.4) is 0 Å². The first kappa shape index (κ1) is 12.5. The van der Waals surface area contributed by atoms with E-state index in [9.17, 15) is 0 Å². The number of rotatable bonds is 6. The zero-order valence-corrected chi connectivity index (χ0v) is 11.2. The van der Waals surface area contributed by atoms with Gasteiger partial charge in [0.05, 0.1) is 0 Å². The van der Waals surface area contributed by atoms with Gasteiger partial charge in [-0.25, -0.2) is 4.98 Å². The number of hydrogen-bond donors (Lipinski definition) is 1. The van der Waals surface area contributed by atoms with Crippen molar-refractivity contribution in [1.29, 1.82) is 0 Å². The largest absolute Gasteiger partial charge is 0.312 e. The summed E-state index contributed by atoms with van der Waals surface area (Å²) in [5.74, 6) is 1.87. The van der Waals surface area contributed by atoms with E-state index in [0.29, 0.717) is 0 Å². The molecule has 2 aromatic heterocycles. The molecule has 0 aromatic carbocycles. The summed E-state index contributed by atoms with van der Waals surface area (Å²) in [5, 5.41) is 3.37. The second-order valence-electron chi connectivity index (χ2n) is 3.49. The van der Waals surface area contributed by atoms with Crippen molar-refractivity contribution in [3.63, 3.8) is 0 Å². The van der Waals surface area contributed by atoms with Crippen LogP contribution in [0.15, 0.2) is 28.9 Å². The maximum absolute atomic E-state index is 4.30. The number of nitrogens with zero attached hydrogens (tertiary/aromatic N) is 3. The molecule has 0 bridgehead atoms. The summed E-state index contributed by atoms with van der Waals surface area (Å²) in [7, 11) is 0. The lowest BCUT2D eigenvalue weighted by Gasteiger charge is -2.02. The van der Waals surface area contributed by atoms with Gasteiger partial charge in [-0.2, -0.15) is 4.37 Å². The standard InChI is InChI=1S/C11H14N4S2/c1-9-14-11(17-15-9)16-6-5-13-8-10-3-2-4-12-7-10/h2-4,7,13H,5-6,8H2,1H3. The lowest BCUT2D eigenvalue weighted by Crippen LogP contribution is -2.16. The third kappa shape index (κ3) is 4.41. The fourth-order valence-electron chi connectivity index (χ4n) is 1.28. The summed E-state index contributed by atoms with van der Waals surface area (Å²) >= 11 is 3.21. The van der Waals surface area contributed by atoms with Gasteiger partial charge in [0.1, 0.15) is 5.82 Å². The molecule has 0 aliphatic heterocycles.